The standard InChI is InChI=1S/C13H21NOS.C2H6/c1-5-12-8-7-11(3)13(9-12)10-14(6-2)16(4)15;1-2/h7-9H,5-6,10H2,1-4H3;1-2H3. The van der Waals surface area contributed by atoms with Crippen LogP contribution in [0.3, 0.4) is 0 Å². The predicted octanol–water partition coefficient (Wildman–Crippen LogP) is 3.70. The fourth-order valence-corrected chi connectivity index (χ4v) is 2.37. The summed E-state index contributed by atoms with van der Waals surface area (Å²) in [5, 5.41) is 0. The van der Waals surface area contributed by atoms with Crippen LogP contribution >= 0.6 is 0 Å². The molecule has 0 aliphatic carbocycles. The van der Waals surface area contributed by atoms with Crippen molar-refractivity contribution in [3.63, 3.8) is 0 Å². The average Bonchev–Trinajstić information content (AvgIpc) is 2.39. The topological polar surface area (TPSA) is 20.3 Å². The van der Waals surface area contributed by atoms with Gasteiger partial charge in [0.15, 0.2) is 0 Å². The van der Waals surface area contributed by atoms with Gasteiger partial charge in [-0.15, -0.1) is 0 Å². The van der Waals surface area contributed by atoms with Gasteiger partial charge in [-0.3, -0.25) is 0 Å². The number of benzene rings is 1. The van der Waals surface area contributed by atoms with Crippen molar-refractivity contribution in [2.45, 2.75) is 47.6 Å². The molecule has 3 heteroatoms. The zero-order valence-corrected chi connectivity index (χ0v) is 13.4. The molecule has 0 aromatic heterocycles. The molecule has 1 atom stereocenters. The lowest BCUT2D eigenvalue weighted by Gasteiger charge is -2.18. The molecule has 0 saturated carbocycles. The second-order valence-corrected chi connectivity index (χ2v) is 5.36. The summed E-state index contributed by atoms with van der Waals surface area (Å²) < 4.78 is 13.5. The molecule has 2 nitrogen and oxygen atoms in total. The van der Waals surface area contributed by atoms with Crippen LogP contribution in [0, 0.1) is 6.92 Å². The maximum atomic E-state index is 11.5. The minimum atomic E-state index is -0.887. The van der Waals surface area contributed by atoms with Gasteiger partial charge in [-0.2, -0.15) is 0 Å². The second-order valence-electron chi connectivity index (χ2n) is 3.99. The van der Waals surface area contributed by atoms with Crippen LogP contribution in [0.4, 0.5) is 0 Å². The molecule has 1 aromatic rings. The number of hydrogen-bond donors (Lipinski definition) is 0. The van der Waals surface area contributed by atoms with Crippen LogP contribution in [0.2, 0.25) is 0 Å². The van der Waals surface area contributed by atoms with E-state index in [4.69, 9.17) is 0 Å². The summed E-state index contributed by atoms with van der Waals surface area (Å²) in [4.78, 5) is 0. The third kappa shape index (κ3) is 5.32. The Bertz CT molecular complexity index is 377. The van der Waals surface area contributed by atoms with E-state index >= 15 is 0 Å². The van der Waals surface area contributed by atoms with E-state index in [0.717, 1.165) is 19.5 Å². The lowest BCUT2D eigenvalue weighted by Crippen LogP contribution is -2.24. The van der Waals surface area contributed by atoms with Gasteiger partial charge in [0.2, 0.25) is 0 Å². The number of aryl methyl sites for hydroxylation is 2. The molecule has 1 unspecified atom stereocenters. The zero-order chi connectivity index (χ0) is 14.1. The maximum Gasteiger partial charge on any atom is 0.0913 e. The molecule has 0 spiro atoms. The van der Waals surface area contributed by atoms with E-state index in [2.05, 4.69) is 32.0 Å². The molecule has 0 saturated heterocycles. The Kier molecular flexibility index (Phi) is 8.94. The van der Waals surface area contributed by atoms with E-state index in [9.17, 15) is 4.21 Å². The summed E-state index contributed by atoms with van der Waals surface area (Å²) in [5.74, 6) is 0. The maximum absolute atomic E-state index is 11.5. The molecule has 0 amide bonds. The van der Waals surface area contributed by atoms with Crippen molar-refractivity contribution >= 4 is 11.0 Å². The van der Waals surface area contributed by atoms with Crippen LogP contribution in [0.5, 0.6) is 0 Å². The zero-order valence-electron chi connectivity index (χ0n) is 12.6. The molecule has 0 radical (unpaired) electrons. The van der Waals surface area contributed by atoms with Gasteiger partial charge in [-0.1, -0.05) is 45.9 Å². The normalized spacial score (nSPS) is 11.9. The molecule has 0 fully saturated rings. The summed E-state index contributed by atoms with van der Waals surface area (Å²) in [6.07, 6.45) is 2.79. The van der Waals surface area contributed by atoms with Crippen molar-refractivity contribution in [3.05, 3.63) is 34.9 Å². The van der Waals surface area contributed by atoms with Gasteiger partial charge in [-0.05, 0) is 30.0 Å². The largest absolute Gasteiger partial charge is 0.243 e. The molecule has 0 N–H and O–H groups in total. The first-order valence-electron chi connectivity index (χ1n) is 6.75. The Balaban J connectivity index is 0.00000137. The molecule has 0 aliphatic rings. The second kappa shape index (κ2) is 9.29. The van der Waals surface area contributed by atoms with Gasteiger partial charge >= 0.3 is 0 Å². The molecule has 0 aliphatic heterocycles. The van der Waals surface area contributed by atoms with Crippen LogP contribution in [0.15, 0.2) is 18.2 Å². The Labute approximate surface area is 115 Å². The van der Waals surface area contributed by atoms with E-state index in [1.165, 1.54) is 16.7 Å². The van der Waals surface area contributed by atoms with Crippen molar-refractivity contribution in [2.75, 3.05) is 12.8 Å². The first-order valence-corrected chi connectivity index (χ1v) is 8.26. The molecule has 0 heterocycles. The van der Waals surface area contributed by atoms with E-state index in [-0.39, 0.29) is 0 Å². The summed E-state index contributed by atoms with van der Waals surface area (Å²) in [6, 6.07) is 6.55. The third-order valence-corrected chi connectivity index (χ3v) is 4.00. The fraction of sp³-hybridized carbons (Fsp3) is 0.600. The molecule has 104 valence electrons. The number of rotatable bonds is 5. The third-order valence-electron chi connectivity index (χ3n) is 2.88. The summed E-state index contributed by atoms with van der Waals surface area (Å²) >= 11 is 0. The first kappa shape index (κ1) is 17.3. The van der Waals surface area contributed by atoms with Crippen LogP contribution < -0.4 is 0 Å². The first-order chi connectivity index (χ1) is 8.58. The van der Waals surface area contributed by atoms with Crippen molar-refractivity contribution < 1.29 is 4.21 Å². The van der Waals surface area contributed by atoms with Gasteiger partial charge in [0.1, 0.15) is 0 Å². The van der Waals surface area contributed by atoms with Crippen LogP contribution in [0.1, 0.15) is 44.4 Å². The SMILES string of the molecule is CC.CCc1ccc(C)c(CN(CC)S(C)=O)c1. The van der Waals surface area contributed by atoms with Crippen molar-refractivity contribution in [1.29, 1.82) is 0 Å². The van der Waals surface area contributed by atoms with Gasteiger partial charge in [0.25, 0.3) is 0 Å². The summed E-state index contributed by atoms with van der Waals surface area (Å²) in [6.45, 7) is 11.9. The minimum absolute atomic E-state index is 0.777. The Morgan fingerprint density at radius 2 is 1.83 bits per heavy atom. The van der Waals surface area contributed by atoms with Crippen molar-refractivity contribution in [1.82, 2.24) is 4.31 Å². The Morgan fingerprint density at radius 3 is 2.28 bits per heavy atom. The van der Waals surface area contributed by atoms with Crippen LogP contribution in [0.25, 0.3) is 0 Å². The van der Waals surface area contributed by atoms with Crippen LogP contribution in [-0.2, 0) is 24.0 Å². The van der Waals surface area contributed by atoms with E-state index in [1.807, 2.05) is 25.1 Å². The lowest BCUT2D eigenvalue weighted by atomic mass is 10.0. The number of nitrogens with zero attached hydrogens (tertiary/aromatic N) is 1. The molecule has 0 bridgehead atoms. The summed E-state index contributed by atoms with van der Waals surface area (Å²) in [5.41, 5.74) is 3.91. The molecular weight excluding hydrogens is 242 g/mol. The van der Waals surface area contributed by atoms with Crippen molar-refractivity contribution in [2.24, 2.45) is 0 Å². The highest BCUT2D eigenvalue weighted by molar-refractivity contribution is 7.81. The van der Waals surface area contributed by atoms with Crippen molar-refractivity contribution in [3.8, 4) is 0 Å². The van der Waals surface area contributed by atoms with Gasteiger partial charge in [0, 0.05) is 19.3 Å². The Morgan fingerprint density at radius 1 is 1.22 bits per heavy atom. The molecular formula is C15H27NOS. The predicted molar refractivity (Wildman–Crippen MR) is 82.1 cm³/mol. The smallest absolute Gasteiger partial charge is 0.0913 e. The highest BCUT2D eigenvalue weighted by atomic mass is 32.2. The van der Waals surface area contributed by atoms with Crippen LogP contribution in [-0.4, -0.2) is 21.3 Å². The number of hydrogen-bond acceptors (Lipinski definition) is 1. The van der Waals surface area contributed by atoms with E-state index in [0.29, 0.717) is 0 Å². The lowest BCUT2D eigenvalue weighted by molar-refractivity contribution is 0.464. The molecule has 18 heavy (non-hydrogen) atoms. The Hall–Kier alpha value is -0.670. The van der Waals surface area contributed by atoms with Gasteiger partial charge in [0.05, 0.1) is 11.0 Å². The van der Waals surface area contributed by atoms with E-state index in [1.54, 1.807) is 6.26 Å². The highest BCUT2D eigenvalue weighted by Gasteiger charge is 2.09. The average molecular weight is 269 g/mol. The molecule has 1 rings (SSSR count). The highest BCUT2D eigenvalue weighted by Crippen LogP contribution is 2.14. The minimum Gasteiger partial charge on any atom is -0.243 e. The summed E-state index contributed by atoms with van der Waals surface area (Å²) in [7, 11) is -0.887. The van der Waals surface area contributed by atoms with Gasteiger partial charge < -0.3 is 0 Å². The quantitative estimate of drug-likeness (QED) is 0.798. The fourth-order valence-electron chi connectivity index (χ4n) is 1.69. The van der Waals surface area contributed by atoms with E-state index < -0.39 is 11.0 Å². The molecule has 1 aromatic carbocycles. The monoisotopic (exact) mass is 269 g/mol. The van der Waals surface area contributed by atoms with Gasteiger partial charge in [-0.25, -0.2) is 8.51 Å².